The first kappa shape index (κ1) is 23.0. The number of aryl methyl sites for hydroxylation is 1. The van der Waals surface area contributed by atoms with Crippen molar-refractivity contribution in [3.8, 4) is 0 Å². The van der Waals surface area contributed by atoms with Crippen molar-refractivity contribution in [3.63, 3.8) is 0 Å². The molecule has 33 heavy (non-hydrogen) atoms. The largest absolute Gasteiger partial charge is 0.355 e. The lowest BCUT2D eigenvalue weighted by Gasteiger charge is -2.19. The molecule has 0 radical (unpaired) electrons. The van der Waals surface area contributed by atoms with Crippen LogP contribution in [0.4, 0.5) is 0 Å². The number of fused-ring (bicyclic) bond motifs is 1. The molecule has 0 saturated heterocycles. The molecule has 0 bridgehead atoms. The van der Waals surface area contributed by atoms with Crippen LogP contribution in [0.25, 0.3) is 10.8 Å². The fourth-order valence-electron chi connectivity index (χ4n) is 3.98. The molecule has 1 unspecified atom stereocenters. The van der Waals surface area contributed by atoms with Gasteiger partial charge in [-0.1, -0.05) is 90.5 Å². The van der Waals surface area contributed by atoms with Gasteiger partial charge in [-0.05, 0) is 64.9 Å². The first-order valence-corrected chi connectivity index (χ1v) is 11.8. The molecule has 1 amide bonds. The number of rotatable bonds is 10. The summed E-state index contributed by atoms with van der Waals surface area (Å²) in [6.45, 7) is 1.28. The molecule has 0 aromatic heterocycles. The third-order valence-electron chi connectivity index (χ3n) is 5.82. The Morgan fingerprint density at radius 1 is 0.758 bits per heavy atom. The van der Waals surface area contributed by atoms with E-state index in [0.717, 1.165) is 24.0 Å². The molecule has 4 aromatic carbocycles. The minimum Gasteiger partial charge on any atom is -0.355 e. The Balaban J connectivity index is 1.37. The molecule has 1 atom stereocenters. The van der Waals surface area contributed by atoms with Crippen LogP contribution >= 0.6 is 11.6 Å². The van der Waals surface area contributed by atoms with E-state index in [4.69, 9.17) is 11.6 Å². The lowest BCUT2D eigenvalue weighted by atomic mass is 10.0. The van der Waals surface area contributed by atoms with Gasteiger partial charge in [0.1, 0.15) is 0 Å². The second kappa shape index (κ2) is 11.6. The van der Waals surface area contributed by atoms with Crippen LogP contribution in [0.15, 0.2) is 97.1 Å². The summed E-state index contributed by atoms with van der Waals surface area (Å²) in [6, 6.07) is 32.5. The molecule has 0 aliphatic rings. The van der Waals surface area contributed by atoms with Crippen molar-refractivity contribution in [2.75, 3.05) is 6.54 Å². The molecule has 2 N–H and O–H groups in total. The van der Waals surface area contributed by atoms with Crippen LogP contribution in [-0.4, -0.2) is 18.5 Å². The number of carbonyl (C=O) groups is 1. The molecule has 3 nitrogen and oxygen atoms in total. The van der Waals surface area contributed by atoms with E-state index in [1.165, 1.54) is 16.3 Å². The van der Waals surface area contributed by atoms with Crippen molar-refractivity contribution in [2.24, 2.45) is 0 Å². The highest BCUT2D eigenvalue weighted by molar-refractivity contribution is 6.30. The summed E-state index contributed by atoms with van der Waals surface area (Å²) in [5.41, 5.74) is 3.53. The van der Waals surface area contributed by atoms with E-state index in [1.807, 2.05) is 54.6 Å². The number of nitrogens with one attached hydrogen (secondary N) is 2. The average Bonchev–Trinajstić information content (AvgIpc) is 2.86. The highest BCUT2D eigenvalue weighted by Crippen LogP contribution is 2.16. The second-order valence-electron chi connectivity index (χ2n) is 8.33. The number of carbonyl (C=O) groups excluding carboxylic acids is 1. The van der Waals surface area contributed by atoms with Gasteiger partial charge in [0, 0.05) is 18.1 Å². The summed E-state index contributed by atoms with van der Waals surface area (Å²) in [7, 11) is 0. The third-order valence-corrected chi connectivity index (χ3v) is 6.07. The summed E-state index contributed by atoms with van der Waals surface area (Å²) in [6.07, 6.45) is 2.47. The molecule has 0 saturated carbocycles. The maximum Gasteiger partial charge on any atom is 0.237 e. The van der Waals surface area contributed by atoms with Gasteiger partial charge in [-0.3, -0.25) is 4.79 Å². The number of hydrogen-bond acceptors (Lipinski definition) is 2. The molecule has 0 fully saturated rings. The minimum absolute atomic E-state index is 0.0267. The summed E-state index contributed by atoms with van der Waals surface area (Å²) < 4.78 is 0. The molecule has 4 heteroatoms. The standard InChI is InChI=1S/C29H29ClN2O/c30-27-16-13-23(14-17-27)20-28(29(33)31-18-6-9-22-7-2-1-3-8-22)32-21-24-12-15-25-10-4-5-11-26(25)19-24/h1-5,7-8,10-17,19,28,32H,6,9,18,20-21H2,(H,31,33). The monoisotopic (exact) mass is 456 g/mol. The summed E-state index contributed by atoms with van der Waals surface area (Å²) in [4.78, 5) is 13.1. The molecule has 0 spiro atoms. The van der Waals surface area contributed by atoms with E-state index in [9.17, 15) is 4.79 Å². The lowest BCUT2D eigenvalue weighted by Crippen LogP contribution is -2.45. The fourth-order valence-corrected chi connectivity index (χ4v) is 4.10. The van der Waals surface area contributed by atoms with Gasteiger partial charge in [-0.2, -0.15) is 0 Å². The number of hydrogen-bond donors (Lipinski definition) is 2. The normalized spacial score (nSPS) is 11.9. The Morgan fingerprint density at radius 3 is 2.24 bits per heavy atom. The van der Waals surface area contributed by atoms with Gasteiger partial charge in [0.05, 0.1) is 6.04 Å². The van der Waals surface area contributed by atoms with E-state index in [0.29, 0.717) is 24.5 Å². The van der Waals surface area contributed by atoms with E-state index in [1.54, 1.807) is 0 Å². The zero-order chi connectivity index (χ0) is 22.9. The van der Waals surface area contributed by atoms with Gasteiger partial charge in [-0.15, -0.1) is 0 Å². The minimum atomic E-state index is -0.325. The highest BCUT2D eigenvalue weighted by Gasteiger charge is 2.18. The maximum atomic E-state index is 13.1. The van der Waals surface area contributed by atoms with Gasteiger partial charge < -0.3 is 10.6 Å². The van der Waals surface area contributed by atoms with Crippen LogP contribution in [0.5, 0.6) is 0 Å². The van der Waals surface area contributed by atoms with Gasteiger partial charge in [0.25, 0.3) is 0 Å². The molecule has 4 rings (SSSR count). The second-order valence-corrected chi connectivity index (χ2v) is 8.76. The Bertz CT molecular complexity index is 1180. The van der Waals surface area contributed by atoms with Crippen LogP contribution in [0, 0.1) is 0 Å². The molecular formula is C29H29ClN2O. The fraction of sp³-hybridized carbons (Fsp3) is 0.207. The van der Waals surface area contributed by atoms with Crippen molar-refractivity contribution in [1.29, 1.82) is 0 Å². The van der Waals surface area contributed by atoms with Gasteiger partial charge in [0.2, 0.25) is 5.91 Å². The lowest BCUT2D eigenvalue weighted by molar-refractivity contribution is -0.123. The Hall–Kier alpha value is -3.14. The first-order valence-electron chi connectivity index (χ1n) is 11.4. The van der Waals surface area contributed by atoms with Crippen molar-refractivity contribution in [3.05, 3.63) is 119 Å². The molecule has 0 aliphatic carbocycles. The molecule has 168 valence electrons. The summed E-state index contributed by atoms with van der Waals surface area (Å²) in [5, 5.41) is 9.72. The quantitative estimate of drug-likeness (QED) is 0.290. The van der Waals surface area contributed by atoms with Crippen LogP contribution in [0.3, 0.4) is 0 Å². The van der Waals surface area contributed by atoms with E-state index in [2.05, 4.69) is 53.1 Å². The summed E-state index contributed by atoms with van der Waals surface area (Å²) in [5.74, 6) is 0.0267. The van der Waals surface area contributed by atoms with Crippen LogP contribution < -0.4 is 10.6 Å². The Labute approximate surface area is 200 Å². The van der Waals surface area contributed by atoms with E-state index < -0.39 is 0 Å². The topological polar surface area (TPSA) is 41.1 Å². The third kappa shape index (κ3) is 6.92. The highest BCUT2D eigenvalue weighted by atomic mass is 35.5. The van der Waals surface area contributed by atoms with E-state index >= 15 is 0 Å². The van der Waals surface area contributed by atoms with Gasteiger partial charge in [0.15, 0.2) is 0 Å². The average molecular weight is 457 g/mol. The van der Waals surface area contributed by atoms with Gasteiger partial charge >= 0.3 is 0 Å². The Kier molecular flexibility index (Phi) is 8.13. The molecule has 4 aromatic rings. The molecule has 0 aliphatic heterocycles. The SMILES string of the molecule is O=C(NCCCc1ccccc1)C(Cc1ccc(Cl)cc1)NCc1ccc2ccccc2c1. The van der Waals surface area contributed by atoms with Crippen LogP contribution in [-0.2, 0) is 24.2 Å². The van der Waals surface area contributed by atoms with Crippen molar-refractivity contribution < 1.29 is 4.79 Å². The predicted octanol–water partition coefficient (Wildman–Crippen LogP) is 5.94. The molecule has 0 heterocycles. The van der Waals surface area contributed by atoms with Crippen LogP contribution in [0.2, 0.25) is 5.02 Å². The predicted molar refractivity (Wildman–Crippen MR) is 138 cm³/mol. The number of halogens is 1. The smallest absolute Gasteiger partial charge is 0.237 e. The van der Waals surface area contributed by atoms with E-state index in [-0.39, 0.29) is 11.9 Å². The van der Waals surface area contributed by atoms with Crippen molar-refractivity contribution in [2.45, 2.75) is 31.8 Å². The first-order chi connectivity index (χ1) is 16.2. The molecular weight excluding hydrogens is 428 g/mol. The Morgan fingerprint density at radius 2 is 1.45 bits per heavy atom. The van der Waals surface area contributed by atoms with Crippen molar-refractivity contribution in [1.82, 2.24) is 10.6 Å². The maximum absolute atomic E-state index is 13.1. The summed E-state index contributed by atoms with van der Waals surface area (Å²) >= 11 is 6.04. The zero-order valence-electron chi connectivity index (χ0n) is 18.6. The van der Waals surface area contributed by atoms with Crippen LogP contribution in [0.1, 0.15) is 23.1 Å². The number of benzene rings is 4. The number of amides is 1. The van der Waals surface area contributed by atoms with Crippen molar-refractivity contribution >= 4 is 28.3 Å². The zero-order valence-corrected chi connectivity index (χ0v) is 19.4. The van der Waals surface area contributed by atoms with Gasteiger partial charge in [-0.25, -0.2) is 0 Å².